The van der Waals surface area contributed by atoms with Gasteiger partial charge in [0, 0.05) is 8.07 Å². The molecular formula is C16H33Cl2N2SiV-3. The van der Waals surface area contributed by atoms with Crippen molar-refractivity contribution in [3.8, 4) is 0 Å². The zero-order valence-corrected chi connectivity index (χ0v) is 19.2. The molecule has 1 aliphatic rings. The van der Waals surface area contributed by atoms with E-state index < -0.39 is 8.07 Å². The van der Waals surface area contributed by atoms with Crippen molar-refractivity contribution in [3.05, 3.63) is 34.1 Å². The van der Waals surface area contributed by atoms with Crippen LogP contribution in [0.3, 0.4) is 0 Å². The standard InChI is InChI=1S/C8H13Si.2C4H10N.2ClH.V/c1-9(2,3)8-6-4-5-7-8;2*1-3-5-4-2;;;/h4,6H,5H2,1-3H3;2*3-4H2,1-2H3;2*1H;/q3*-1;;;+2/p-2. The van der Waals surface area contributed by atoms with Gasteiger partial charge in [-0.25, -0.2) is 11.3 Å². The molecule has 1 aliphatic carbocycles. The van der Waals surface area contributed by atoms with Crippen molar-refractivity contribution in [1.29, 1.82) is 0 Å². The molecule has 0 fully saturated rings. The SMILES string of the molecule is CC[N-]CC.CC[N-]CC.C[Si](C)(C)C1=[C-]CC=C1.[Cl-].[Cl-].[V+2]. The third-order valence-electron chi connectivity index (χ3n) is 2.40. The van der Waals surface area contributed by atoms with Crippen LogP contribution in [-0.4, -0.2) is 34.3 Å². The van der Waals surface area contributed by atoms with Crippen LogP contribution in [0.1, 0.15) is 34.1 Å². The van der Waals surface area contributed by atoms with Crippen LogP contribution in [0.4, 0.5) is 0 Å². The molecule has 0 saturated carbocycles. The molecule has 0 aliphatic heterocycles. The second-order valence-electron chi connectivity index (χ2n) is 5.16. The van der Waals surface area contributed by atoms with Crippen molar-refractivity contribution in [3.63, 3.8) is 0 Å². The summed E-state index contributed by atoms with van der Waals surface area (Å²) in [6, 6.07) is 0. The van der Waals surface area contributed by atoms with E-state index in [2.05, 4.69) is 48.5 Å². The average Bonchev–Trinajstić information content (AvgIpc) is 2.86. The van der Waals surface area contributed by atoms with Crippen molar-refractivity contribution in [2.45, 2.75) is 53.8 Å². The van der Waals surface area contributed by atoms with Crippen LogP contribution in [0, 0.1) is 6.08 Å². The Morgan fingerprint density at radius 2 is 1.27 bits per heavy atom. The molecule has 0 bridgehead atoms. The summed E-state index contributed by atoms with van der Waals surface area (Å²) in [4.78, 5) is 0. The molecule has 0 aromatic heterocycles. The van der Waals surface area contributed by atoms with Gasteiger partial charge in [-0.1, -0.05) is 47.3 Å². The normalized spacial score (nSPS) is 11.3. The molecule has 0 atom stereocenters. The Morgan fingerprint density at radius 1 is 0.909 bits per heavy atom. The Morgan fingerprint density at radius 3 is 1.36 bits per heavy atom. The van der Waals surface area contributed by atoms with Crippen LogP contribution in [0.5, 0.6) is 0 Å². The predicted molar refractivity (Wildman–Crippen MR) is 92.7 cm³/mol. The number of hydrogen-bond donors (Lipinski definition) is 0. The molecule has 133 valence electrons. The van der Waals surface area contributed by atoms with Gasteiger partial charge in [0.1, 0.15) is 0 Å². The van der Waals surface area contributed by atoms with E-state index in [-0.39, 0.29) is 43.4 Å². The second-order valence-corrected chi connectivity index (χ2v) is 10.2. The van der Waals surface area contributed by atoms with E-state index in [1.165, 1.54) is 5.20 Å². The summed E-state index contributed by atoms with van der Waals surface area (Å²) in [6.45, 7) is 19.1. The third kappa shape index (κ3) is 25.7. The molecule has 22 heavy (non-hydrogen) atoms. The number of halogens is 2. The smallest absolute Gasteiger partial charge is 1.00 e. The van der Waals surface area contributed by atoms with E-state index >= 15 is 0 Å². The van der Waals surface area contributed by atoms with Crippen molar-refractivity contribution in [1.82, 2.24) is 0 Å². The fourth-order valence-corrected chi connectivity index (χ4v) is 2.62. The zero-order valence-electron chi connectivity index (χ0n) is 15.3. The molecule has 0 saturated heterocycles. The number of rotatable bonds is 5. The molecule has 1 radical (unpaired) electrons. The Kier molecular flexibility index (Phi) is 37.4. The molecule has 0 heterocycles. The van der Waals surface area contributed by atoms with E-state index in [9.17, 15) is 0 Å². The summed E-state index contributed by atoms with van der Waals surface area (Å²) in [5, 5.41) is 9.43. The van der Waals surface area contributed by atoms with Crippen LogP contribution < -0.4 is 24.8 Å². The van der Waals surface area contributed by atoms with Gasteiger partial charge >= 0.3 is 18.6 Å². The van der Waals surface area contributed by atoms with Gasteiger partial charge in [0.2, 0.25) is 0 Å². The minimum absolute atomic E-state index is 0. The van der Waals surface area contributed by atoms with Gasteiger partial charge in [0.25, 0.3) is 0 Å². The minimum atomic E-state index is -1.01. The number of hydrogen-bond acceptors (Lipinski definition) is 0. The second kappa shape index (κ2) is 24.0. The van der Waals surface area contributed by atoms with E-state index in [4.69, 9.17) is 0 Å². The van der Waals surface area contributed by atoms with Gasteiger partial charge in [-0.2, -0.15) is 32.3 Å². The molecule has 6 heteroatoms. The fraction of sp³-hybridized carbons (Fsp3) is 0.750. The van der Waals surface area contributed by atoms with Gasteiger partial charge in [-0.15, -0.1) is 6.42 Å². The van der Waals surface area contributed by atoms with Gasteiger partial charge < -0.3 is 35.4 Å². The molecule has 0 spiro atoms. The number of allylic oxidation sites excluding steroid dienone is 4. The number of nitrogens with zero attached hydrogens (tertiary/aromatic N) is 2. The maximum atomic E-state index is 3.97. The molecule has 2 nitrogen and oxygen atoms in total. The van der Waals surface area contributed by atoms with Crippen LogP contribution in [0.15, 0.2) is 17.3 Å². The molecule has 0 amide bonds. The molecule has 0 unspecified atom stereocenters. The topological polar surface area (TPSA) is 28.2 Å². The van der Waals surface area contributed by atoms with E-state index in [0.717, 1.165) is 32.6 Å². The molecule has 0 aromatic rings. The van der Waals surface area contributed by atoms with E-state index in [0.29, 0.717) is 0 Å². The van der Waals surface area contributed by atoms with Crippen molar-refractivity contribution < 1.29 is 43.4 Å². The van der Waals surface area contributed by atoms with Crippen LogP contribution in [0.2, 0.25) is 19.6 Å². The van der Waals surface area contributed by atoms with Crippen LogP contribution in [0.25, 0.3) is 10.6 Å². The zero-order chi connectivity index (χ0) is 15.1. The predicted octanol–water partition coefficient (Wildman–Crippen LogP) is -0.641. The Hall–Kier alpha value is 0.781. The van der Waals surface area contributed by atoms with Crippen molar-refractivity contribution >= 4 is 8.07 Å². The van der Waals surface area contributed by atoms with Gasteiger partial charge in [0.15, 0.2) is 0 Å². The largest absolute Gasteiger partial charge is 2.00 e. The first-order valence-corrected chi connectivity index (χ1v) is 11.0. The first-order chi connectivity index (χ1) is 8.93. The van der Waals surface area contributed by atoms with E-state index in [1.807, 2.05) is 27.7 Å². The molecule has 0 N–H and O–H groups in total. The Balaban J connectivity index is -0.0000000659. The van der Waals surface area contributed by atoms with E-state index in [1.54, 1.807) is 0 Å². The first-order valence-electron chi connectivity index (χ1n) is 7.48. The molecule has 1 rings (SSSR count). The summed E-state index contributed by atoms with van der Waals surface area (Å²) in [5.41, 5.74) is 0. The van der Waals surface area contributed by atoms with Gasteiger partial charge in [-0.05, 0) is 0 Å². The molecular weight excluding hydrogens is 370 g/mol. The molecule has 0 aromatic carbocycles. The summed E-state index contributed by atoms with van der Waals surface area (Å²) >= 11 is 0. The van der Waals surface area contributed by atoms with Crippen molar-refractivity contribution in [2.24, 2.45) is 0 Å². The summed E-state index contributed by atoms with van der Waals surface area (Å²) in [7, 11) is -1.01. The average molecular weight is 403 g/mol. The Labute approximate surface area is 165 Å². The Bertz CT molecular complexity index is 245. The van der Waals surface area contributed by atoms with Crippen molar-refractivity contribution in [2.75, 3.05) is 26.2 Å². The maximum Gasteiger partial charge on any atom is 2.00 e. The summed E-state index contributed by atoms with van der Waals surface area (Å²) < 4.78 is 0. The quantitative estimate of drug-likeness (QED) is 0.432. The van der Waals surface area contributed by atoms with Gasteiger partial charge in [0.05, 0.1) is 0 Å². The first kappa shape index (κ1) is 34.2. The third-order valence-corrected chi connectivity index (χ3v) is 4.36. The monoisotopic (exact) mass is 402 g/mol. The van der Waals surface area contributed by atoms with Crippen LogP contribution >= 0.6 is 0 Å². The summed E-state index contributed by atoms with van der Waals surface area (Å²) in [5.74, 6) is 0. The van der Waals surface area contributed by atoms with Crippen LogP contribution in [-0.2, 0) is 18.6 Å². The minimum Gasteiger partial charge on any atom is -1.00 e. The fourth-order valence-electron chi connectivity index (χ4n) is 1.37. The maximum absolute atomic E-state index is 3.97. The summed E-state index contributed by atoms with van der Waals surface area (Å²) in [6.07, 6.45) is 8.82. The van der Waals surface area contributed by atoms with Gasteiger partial charge in [-0.3, -0.25) is 6.08 Å².